The first-order chi connectivity index (χ1) is 10.5. The lowest BCUT2D eigenvalue weighted by Crippen LogP contribution is -2.42. The second-order valence-electron chi connectivity index (χ2n) is 4.32. The van der Waals surface area contributed by atoms with Crippen molar-refractivity contribution in [3.05, 3.63) is 0 Å². The molecule has 9 N–H and O–H groups in total. The lowest BCUT2D eigenvalue weighted by molar-refractivity contribution is -0.170. The highest BCUT2D eigenvalue weighted by atomic mass is 31.2. The van der Waals surface area contributed by atoms with Gasteiger partial charge in [0, 0.05) is 0 Å². The fourth-order valence-electron chi connectivity index (χ4n) is 1.12. The summed E-state index contributed by atoms with van der Waals surface area (Å²) < 4.78 is 20.5. The SMILES string of the molecule is O=C(O)CC(O)(CC(=O)O)C(=O)O.O=P(O)(O)C(CO)P(=O)(O)O. The van der Waals surface area contributed by atoms with Crippen molar-refractivity contribution >= 4 is 33.1 Å². The Bertz CT molecular complexity index is 519. The molecule has 0 aliphatic heterocycles. The normalized spacial score (nSPS) is 12.3. The Morgan fingerprint density at radius 2 is 1.12 bits per heavy atom. The monoisotopic (exact) mass is 398 g/mol. The van der Waals surface area contributed by atoms with Gasteiger partial charge in [-0.05, 0) is 0 Å². The summed E-state index contributed by atoms with van der Waals surface area (Å²) >= 11 is 0. The minimum absolute atomic E-state index is 1.14. The molecule has 24 heavy (non-hydrogen) atoms. The predicted octanol–water partition coefficient (Wildman–Crippen LogP) is -2.59. The van der Waals surface area contributed by atoms with Crippen LogP contribution in [0.2, 0.25) is 0 Å². The summed E-state index contributed by atoms with van der Waals surface area (Å²) in [4.78, 5) is 63.6. The first kappa shape index (κ1) is 24.9. The number of rotatable bonds is 8. The fraction of sp³-hybridized carbons (Fsp3) is 0.625. The Morgan fingerprint density at radius 3 is 1.21 bits per heavy atom. The molecular weight excluding hydrogens is 382 g/mol. The van der Waals surface area contributed by atoms with E-state index in [4.69, 9.17) is 45.1 Å². The van der Waals surface area contributed by atoms with Gasteiger partial charge in [0.15, 0.2) is 11.0 Å². The summed E-state index contributed by atoms with van der Waals surface area (Å²) in [5.41, 5.74) is -2.74. The van der Waals surface area contributed by atoms with Gasteiger partial charge >= 0.3 is 33.1 Å². The maximum absolute atomic E-state index is 10.3. The first-order valence-corrected chi connectivity index (χ1v) is 8.94. The Hall–Kier alpha value is -1.37. The molecule has 0 amide bonds. The van der Waals surface area contributed by atoms with Crippen LogP contribution in [0, 0.1) is 0 Å². The van der Waals surface area contributed by atoms with Crippen molar-refractivity contribution in [3.8, 4) is 0 Å². The van der Waals surface area contributed by atoms with Crippen LogP contribution in [0.5, 0.6) is 0 Å². The van der Waals surface area contributed by atoms with Crippen LogP contribution in [-0.4, -0.2) is 80.6 Å². The van der Waals surface area contributed by atoms with Crippen LogP contribution in [0.3, 0.4) is 0 Å². The second kappa shape index (κ2) is 9.20. The van der Waals surface area contributed by atoms with E-state index in [0.29, 0.717) is 0 Å². The molecule has 0 aromatic heterocycles. The zero-order chi connectivity index (χ0) is 19.9. The number of hydrogen-bond acceptors (Lipinski definition) is 7. The lowest BCUT2D eigenvalue weighted by Gasteiger charge is -2.18. The first-order valence-electron chi connectivity index (χ1n) is 5.58. The molecule has 16 heteroatoms. The highest BCUT2D eigenvalue weighted by Crippen LogP contribution is 2.59. The number of carbonyl (C=O) groups is 3. The summed E-state index contributed by atoms with van der Waals surface area (Å²) in [7, 11) is -9.82. The Kier molecular flexibility index (Phi) is 9.54. The molecule has 0 aliphatic rings. The smallest absolute Gasteiger partial charge is 0.343 e. The van der Waals surface area contributed by atoms with Crippen LogP contribution >= 0.6 is 15.2 Å². The van der Waals surface area contributed by atoms with Crippen LogP contribution in [0.15, 0.2) is 0 Å². The average molecular weight is 398 g/mol. The molecule has 0 radical (unpaired) electrons. The molecule has 14 nitrogen and oxygen atoms in total. The van der Waals surface area contributed by atoms with E-state index < -0.39 is 63.5 Å². The van der Waals surface area contributed by atoms with Crippen molar-refractivity contribution in [3.63, 3.8) is 0 Å². The van der Waals surface area contributed by atoms with Gasteiger partial charge in [-0.15, -0.1) is 0 Å². The fourth-order valence-corrected chi connectivity index (χ4v) is 3.12. The number of carboxylic acids is 3. The lowest BCUT2D eigenvalue weighted by atomic mass is 9.96. The van der Waals surface area contributed by atoms with Gasteiger partial charge in [0.2, 0.25) is 0 Å². The molecule has 0 aromatic carbocycles. The van der Waals surface area contributed by atoms with Gasteiger partial charge in [-0.1, -0.05) is 0 Å². The third-order valence-corrected chi connectivity index (χ3v) is 5.91. The van der Waals surface area contributed by atoms with Crippen molar-refractivity contribution in [2.45, 2.75) is 23.8 Å². The summed E-state index contributed by atoms with van der Waals surface area (Å²) in [6, 6.07) is 0. The standard InChI is InChI=1S/C6H8O7.C2H8O7P2/c7-3(8)1-6(13,5(11)12)2-4(9)10;3-1-2(10(4,5)6)11(7,8)9/h13H,1-2H2,(H,7,8)(H,9,10)(H,11,12);2-3H,1H2,(H2,4,5,6)(H2,7,8,9). The van der Waals surface area contributed by atoms with E-state index in [1.54, 1.807) is 0 Å². The number of aliphatic carboxylic acids is 3. The van der Waals surface area contributed by atoms with E-state index in [0.717, 1.165) is 0 Å². The van der Waals surface area contributed by atoms with E-state index in [9.17, 15) is 23.5 Å². The van der Waals surface area contributed by atoms with E-state index >= 15 is 0 Å². The van der Waals surface area contributed by atoms with Crippen LogP contribution < -0.4 is 0 Å². The zero-order valence-electron chi connectivity index (χ0n) is 11.7. The molecule has 142 valence electrons. The number of carboxylic acid groups (broad SMARTS) is 3. The summed E-state index contributed by atoms with van der Waals surface area (Å²) in [5.74, 6) is -5.02. The molecule has 0 rings (SSSR count). The van der Waals surface area contributed by atoms with Crippen LogP contribution in [0.25, 0.3) is 0 Å². The van der Waals surface area contributed by atoms with Crippen molar-refractivity contribution in [1.82, 2.24) is 0 Å². The third-order valence-electron chi connectivity index (χ3n) is 2.23. The van der Waals surface area contributed by atoms with E-state index in [-0.39, 0.29) is 0 Å². The summed E-state index contributed by atoms with van der Waals surface area (Å²) in [5, 5.41) is 39.7. The van der Waals surface area contributed by atoms with Crippen LogP contribution in [0.4, 0.5) is 0 Å². The highest BCUT2D eigenvalue weighted by molar-refractivity contribution is 7.70. The predicted molar refractivity (Wildman–Crippen MR) is 72.1 cm³/mol. The molecular formula is C8H16O14P2. The third kappa shape index (κ3) is 9.70. The van der Waals surface area contributed by atoms with Gasteiger partial charge < -0.3 is 45.1 Å². The molecule has 0 unspecified atom stereocenters. The van der Waals surface area contributed by atoms with Gasteiger partial charge in [0.05, 0.1) is 19.4 Å². The van der Waals surface area contributed by atoms with Crippen LogP contribution in [-0.2, 0) is 23.5 Å². The van der Waals surface area contributed by atoms with E-state index in [2.05, 4.69) is 0 Å². The Labute approximate surface area is 133 Å². The molecule has 0 spiro atoms. The molecule has 0 saturated carbocycles. The molecule has 0 aromatic rings. The maximum Gasteiger partial charge on any atom is 0.343 e. The average Bonchev–Trinajstić information content (AvgIpc) is 2.23. The number of aliphatic hydroxyl groups excluding tert-OH is 1. The van der Waals surface area contributed by atoms with Gasteiger partial charge in [-0.2, -0.15) is 0 Å². The minimum atomic E-state index is -4.91. The van der Waals surface area contributed by atoms with Crippen molar-refractivity contribution < 1.29 is 68.6 Å². The highest BCUT2D eigenvalue weighted by Gasteiger charge is 2.42. The molecule has 0 fully saturated rings. The molecule has 0 atom stereocenters. The van der Waals surface area contributed by atoms with Gasteiger partial charge in [0.1, 0.15) is 0 Å². The molecule has 0 bridgehead atoms. The van der Waals surface area contributed by atoms with Gasteiger partial charge in [-0.3, -0.25) is 18.7 Å². The van der Waals surface area contributed by atoms with Crippen molar-refractivity contribution in [2.24, 2.45) is 0 Å². The Morgan fingerprint density at radius 1 is 0.833 bits per heavy atom. The zero-order valence-corrected chi connectivity index (χ0v) is 13.4. The van der Waals surface area contributed by atoms with Gasteiger partial charge in [-0.25, -0.2) is 4.79 Å². The van der Waals surface area contributed by atoms with Crippen molar-refractivity contribution in [2.75, 3.05) is 6.61 Å². The maximum atomic E-state index is 10.3. The molecule has 0 saturated heterocycles. The molecule has 0 heterocycles. The van der Waals surface area contributed by atoms with Gasteiger partial charge in [0.25, 0.3) is 0 Å². The summed E-state index contributed by atoms with van der Waals surface area (Å²) in [6.07, 6.45) is -2.29. The molecule has 0 aliphatic carbocycles. The largest absolute Gasteiger partial charge is 0.481 e. The van der Waals surface area contributed by atoms with Crippen LogP contribution in [0.1, 0.15) is 12.8 Å². The van der Waals surface area contributed by atoms with E-state index in [1.165, 1.54) is 0 Å². The Balaban J connectivity index is 0. The topological polar surface area (TPSA) is 267 Å². The quantitative estimate of drug-likeness (QED) is 0.190. The number of hydrogen-bond donors (Lipinski definition) is 9. The van der Waals surface area contributed by atoms with E-state index in [1.807, 2.05) is 0 Å². The number of aliphatic hydroxyl groups is 2. The minimum Gasteiger partial charge on any atom is -0.481 e. The van der Waals surface area contributed by atoms with Crippen molar-refractivity contribution in [1.29, 1.82) is 0 Å². The summed E-state index contributed by atoms with van der Waals surface area (Å²) in [6.45, 7) is -1.24. The second-order valence-corrected chi connectivity index (χ2v) is 8.33.